The number of hydrogen-bond acceptors (Lipinski definition) is 5. The number of ether oxygens (including phenoxy) is 1. The number of nitrogens with one attached hydrogen (secondary N) is 2. The number of carbonyl (C=O) groups is 3. The van der Waals surface area contributed by atoms with Crippen molar-refractivity contribution in [1.29, 1.82) is 0 Å². The van der Waals surface area contributed by atoms with Crippen molar-refractivity contribution in [2.24, 2.45) is 5.92 Å². The number of phenolic OH excluding ortho intramolecular Hbond substituents is 1. The largest absolute Gasteiger partial charge is 0.508 e. The van der Waals surface area contributed by atoms with Crippen LogP contribution in [0.5, 0.6) is 5.75 Å². The summed E-state index contributed by atoms with van der Waals surface area (Å²) in [5.74, 6) is -1.24. The Bertz CT molecular complexity index is 1140. The third-order valence-electron chi connectivity index (χ3n) is 5.57. The van der Waals surface area contributed by atoms with Crippen molar-refractivity contribution in [1.82, 2.24) is 10.2 Å². The van der Waals surface area contributed by atoms with E-state index in [1.165, 1.54) is 17.0 Å². The molecule has 0 aliphatic heterocycles. The molecular formula is C29H38ClN3O5. The van der Waals surface area contributed by atoms with E-state index in [0.29, 0.717) is 17.1 Å². The van der Waals surface area contributed by atoms with Gasteiger partial charge in [-0.25, -0.2) is 4.79 Å². The van der Waals surface area contributed by atoms with Gasteiger partial charge >= 0.3 is 6.09 Å². The molecule has 2 rings (SSSR count). The quantitative estimate of drug-likeness (QED) is 0.319. The molecule has 0 fully saturated rings. The molecule has 0 spiro atoms. The lowest BCUT2D eigenvalue weighted by Gasteiger charge is -2.34. The average molecular weight is 544 g/mol. The summed E-state index contributed by atoms with van der Waals surface area (Å²) in [6.07, 6.45) is 1.04. The predicted molar refractivity (Wildman–Crippen MR) is 150 cm³/mol. The lowest BCUT2D eigenvalue weighted by molar-refractivity contribution is -0.140. The second-order valence-corrected chi connectivity index (χ2v) is 10.9. The van der Waals surface area contributed by atoms with Crippen LogP contribution in [0, 0.1) is 12.8 Å². The van der Waals surface area contributed by atoms with Crippen LogP contribution in [0.3, 0.4) is 0 Å². The van der Waals surface area contributed by atoms with Crippen molar-refractivity contribution in [3.8, 4) is 5.75 Å². The van der Waals surface area contributed by atoms with Crippen molar-refractivity contribution >= 4 is 35.2 Å². The van der Waals surface area contributed by atoms with Crippen molar-refractivity contribution in [3.63, 3.8) is 0 Å². The maximum atomic E-state index is 14.0. The number of halogens is 1. The fraction of sp³-hybridized carbons (Fsp3) is 0.414. The Balaban J connectivity index is 2.56. The number of para-hydroxylation sites is 2. The second-order valence-electron chi connectivity index (χ2n) is 10.5. The number of amides is 3. The van der Waals surface area contributed by atoms with E-state index in [4.69, 9.17) is 16.3 Å². The van der Waals surface area contributed by atoms with E-state index in [0.717, 1.165) is 5.56 Å². The summed E-state index contributed by atoms with van der Waals surface area (Å²) in [6, 6.07) is 9.26. The molecule has 8 nitrogen and oxygen atoms in total. The molecule has 9 heteroatoms. The molecule has 206 valence electrons. The van der Waals surface area contributed by atoms with Crippen LogP contribution < -0.4 is 10.6 Å². The van der Waals surface area contributed by atoms with Gasteiger partial charge in [0.25, 0.3) is 5.91 Å². The molecule has 3 N–H and O–H groups in total. The molecule has 0 heterocycles. The highest BCUT2D eigenvalue weighted by Crippen LogP contribution is 2.33. The third-order valence-corrected chi connectivity index (χ3v) is 5.88. The van der Waals surface area contributed by atoms with E-state index in [-0.39, 0.29) is 23.8 Å². The standard InChI is InChI=1S/C29H38ClN3O5/c1-8-16-33(27(36)22(17-18(2)3)31-28(37)38-29(5,6)7)25(20-13-9-10-15-23(20)34)26(35)32-24-19(4)12-11-14-21(24)30/h8-15,18,22,25,34H,1,16-17H2,2-7H3,(H,31,37)(H,32,35). The molecule has 0 aliphatic carbocycles. The van der Waals surface area contributed by atoms with Crippen LogP contribution >= 0.6 is 11.6 Å². The van der Waals surface area contributed by atoms with Crippen molar-refractivity contribution < 1.29 is 24.2 Å². The van der Waals surface area contributed by atoms with Gasteiger partial charge < -0.3 is 25.4 Å². The zero-order valence-corrected chi connectivity index (χ0v) is 23.6. The number of alkyl carbamates (subject to hydrolysis) is 1. The first-order valence-corrected chi connectivity index (χ1v) is 12.9. The Morgan fingerprint density at radius 3 is 2.34 bits per heavy atom. The fourth-order valence-electron chi connectivity index (χ4n) is 3.96. The maximum Gasteiger partial charge on any atom is 0.408 e. The number of anilines is 1. The molecule has 0 radical (unpaired) electrons. The van der Waals surface area contributed by atoms with Gasteiger partial charge in [0.15, 0.2) is 0 Å². The zero-order valence-electron chi connectivity index (χ0n) is 22.9. The SMILES string of the molecule is C=CCN(C(=O)C(CC(C)C)NC(=O)OC(C)(C)C)C(C(=O)Nc1c(C)cccc1Cl)c1ccccc1O. The summed E-state index contributed by atoms with van der Waals surface area (Å²) in [5, 5.41) is 16.5. The molecule has 2 aromatic carbocycles. The van der Waals surface area contributed by atoms with Gasteiger partial charge in [-0.2, -0.15) is 0 Å². The Hall–Kier alpha value is -3.52. The molecule has 38 heavy (non-hydrogen) atoms. The Morgan fingerprint density at radius 1 is 1.13 bits per heavy atom. The monoisotopic (exact) mass is 543 g/mol. The van der Waals surface area contributed by atoms with Gasteiger partial charge in [0.05, 0.1) is 10.7 Å². The van der Waals surface area contributed by atoms with Gasteiger partial charge in [-0.3, -0.25) is 9.59 Å². The van der Waals surface area contributed by atoms with Crippen LogP contribution in [0.4, 0.5) is 10.5 Å². The fourth-order valence-corrected chi connectivity index (χ4v) is 4.22. The number of aryl methyl sites for hydroxylation is 1. The maximum absolute atomic E-state index is 14.0. The Labute approximate surface area is 230 Å². The van der Waals surface area contributed by atoms with Crippen molar-refractivity contribution in [2.75, 3.05) is 11.9 Å². The highest BCUT2D eigenvalue weighted by molar-refractivity contribution is 6.34. The molecule has 2 unspecified atom stereocenters. The lowest BCUT2D eigenvalue weighted by Crippen LogP contribution is -2.52. The summed E-state index contributed by atoms with van der Waals surface area (Å²) in [4.78, 5) is 41.7. The molecule has 2 aromatic rings. The molecule has 0 saturated carbocycles. The summed E-state index contributed by atoms with van der Waals surface area (Å²) >= 11 is 6.35. The normalized spacial score (nSPS) is 12.8. The van der Waals surface area contributed by atoms with E-state index in [2.05, 4.69) is 17.2 Å². The number of rotatable bonds is 10. The molecule has 0 aromatic heterocycles. The number of aromatic hydroxyl groups is 1. The Kier molecular flexibility index (Phi) is 10.8. The minimum atomic E-state index is -1.26. The van der Waals surface area contributed by atoms with Gasteiger partial charge in [-0.15, -0.1) is 6.58 Å². The molecule has 0 saturated heterocycles. The summed E-state index contributed by atoms with van der Waals surface area (Å²) < 4.78 is 5.38. The first-order valence-electron chi connectivity index (χ1n) is 12.5. The van der Waals surface area contributed by atoms with Gasteiger partial charge in [-0.1, -0.05) is 61.9 Å². The predicted octanol–water partition coefficient (Wildman–Crippen LogP) is 5.99. The van der Waals surface area contributed by atoms with Crippen LogP contribution in [-0.2, 0) is 14.3 Å². The van der Waals surface area contributed by atoms with Crippen LogP contribution in [0.15, 0.2) is 55.1 Å². The van der Waals surface area contributed by atoms with Crippen LogP contribution in [0.1, 0.15) is 58.2 Å². The number of benzene rings is 2. The van der Waals surface area contributed by atoms with Crippen molar-refractivity contribution in [2.45, 2.75) is 65.6 Å². The van der Waals surface area contributed by atoms with Crippen LogP contribution in [0.2, 0.25) is 5.02 Å². The highest BCUT2D eigenvalue weighted by atomic mass is 35.5. The minimum absolute atomic E-state index is 0.0304. The smallest absolute Gasteiger partial charge is 0.408 e. The van der Waals surface area contributed by atoms with E-state index in [9.17, 15) is 19.5 Å². The van der Waals surface area contributed by atoms with Gasteiger partial charge in [-0.05, 0) is 57.7 Å². The van der Waals surface area contributed by atoms with Gasteiger partial charge in [0.1, 0.15) is 23.4 Å². The van der Waals surface area contributed by atoms with Crippen molar-refractivity contribution in [3.05, 3.63) is 71.3 Å². The van der Waals surface area contributed by atoms with E-state index in [1.54, 1.807) is 64.1 Å². The summed E-state index contributed by atoms with van der Waals surface area (Å²) in [6.45, 7) is 14.5. The van der Waals surface area contributed by atoms with E-state index >= 15 is 0 Å². The zero-order chi connectivity index (χ0) is 28.6. The van der Waals surface area contributed by atoms with Crippen LogP contribution in [0.25, 0.3) is 0 Å². The molecule has 3 amide bonds. The number of carbonyl (C=O) groups excluding carboxylic acids is 3. The first kappa shape index (κ1) is 30.7. The first-order chi connectivity index (χ1) is 17.7. The van der Waals surface area contributed by atoms with E-state index in [1.807, 2.05) is 13.8 Å². The van der Waals surface area contributed by atoms with Gasteiger partial charge in [0, 0.05) is 12.1 Å². The minimum Gasteiger partial charge on any atom is -0.508 e. The third kappa shape index (κ3) is 8.52. The van der Waals surface area contributed by atoms with Crippen LogP contribution in [-0.4, -0.2) is 46.1 Å². The van der Waals surface area contributed by atoms with E-state index < -0.39 is 35.6 Å². The number of hydrogen-bond donors (Lipinski definition) is 3. The average Bonchev–Trinajstić information content (AvgIpc) is 2.80. The number of nitrogens with zero attached hydrogens (tertiary/aromatic N) is 1. The number of phenols is 1. The topological polar surface area (TPSA) is 108 Å². The molecular weight excluding hydrogens is 506 g/mol. The van der Waals surface area contributed by atoms with Gasteiger partial charge in [0.2, 0.25) is 5.91 Å². The highest BCUT2D eigenvalue weighted by Gasteiger charge is 2.37. The Morgan fingerprint density at radius 2 is 1.79 bits per heavy atom. The lowest BCUT2D eigenvalue weighted by atomic mass is 9.98. The molecule has 2 atom stereocenters. The molecule has 0 aliphatic rings. The second kappa shape index (κ2) is 13.3. The summed E-state index contributed by atoms with van der Waals surface area (Å²) in [7, 11) is 0. The molecule has 0 bridgehead atoms. The summed E-state index contributed by atoms with van der Waals surface area (Å²) in [5.41, 5.74) is 0.580.